The molecule has 0 amide bonds. The van der Waals surface area contributed by atoms with Gasteiger partial charge in [-0.05, 0) is 79.9 Å². The normalized spacial score (nSPS) is 21.4. The number of aliphatic hydroxyl groups excluding tert-OH is 3. The van der Waals surface area contributed by atoms with Gasteiger partial charge >= 0.3 is 5.97 Å². The lowest BCUT2D eigenvalue weighted by atomic mass is 9.85. The summed E-state index contributed by atoms with van der Waals surface area (Å²) in [4.78, 5) is 26.6. The van der Waals surface area contributed by atoms with Crippen LogP contribution in [0.5, 0.6) is 0 Å². The van der Waals surface area contributed by atoms with E-state index in [1.807, 2.05) is 30.4 Å². The maximum atomic E-state index is 12.1. The summed E-state index contributed by atoms with van der Waals surface area (Å²) in [6.45, 7) is 0.00906. The van der Waals surface area contributed by atoms with Crippen LogP contribution in [0, 0.1) is 22.0 Å². The highest BCUT2D eigenvalue weighted by molar-refractivity contribution is 5.69. The summed E-state index contributed by atoms with van der Waals surface area (Å²) in [7, 11) is 0. The standard InChI is InChI=1S/C31H41NO8/c33-26(17-16-23-8-4-3-5-9-23)18-19-28-27(29(34)20-30(28)35)10-6-1-2-7-11-31(36)39-21-24-12-14-25(15-13-24)22-40-32(37)38/h1,3-6,8-9,12-15,26-30,33-35H,2,7,10-11,16-22H2/b6-1-/t26?,27-,28-,29+,30-/m1/s1. The summed E-state index contributed by atoms with van der Waals surface area (Å²) in [6, 6.07) is 16.9. The Hall–Kier alpha value is -3.27. The van der Waals surface area contributed by atoms with E-state index in [0.29, 0.717) is 50.5 Å². The second kappa shape index (κ2) is 16.7. The summed E-state index contributed by atoms with van der Waals surface area (Å²) in [6.07, 6.45) is 7.87. The van der Waals surface area contributed by atoms with E-state index in [1.165, 1.54) is 5.56 Å². The third-order valence-corrected chi connectivity index (χ3v) is 7.55. The Labute approximate surface area is 235 Å². The monoisotopic (exact) mass is 555 g/mol. The zero-order valence-electron chi connectivity index (χ0n) is 22.8. The van der Waals surface area contributed by atoms with E-state index in [2.05, 4.69) is 17.0 Å². The van der Waals surface area contributed by atoms with Crippen molar-refractivity contribution in [2.45, 2.75) is 89.3 Å². The minimum atomic E-state index is -0.841. The van der Waals surface area contributed by atoms with Gasteiger partial charge in [0, 0.05) is 6.42 Å². The number of hydrogen-bond acceptors (Lipinski definition) is 8. The van der Waals surface area contributed by atoms with Crippen LogP contribution in [-0.4, -0.2) is 44.7 Å². The molecule has 0 bridgehead atoms. The average molecular weight is 556 g/mol. The molecule has 1 aliphatic rings. The summed E-state index contributed by atoms with van der Waals surface area (Å²) in [5.41, 5.74) is 2.64. The highest BCUT2D eigenvalue weighted by atomic mass is 16.9. The molecule has 1 saturated carbocycles. The number of hydrogen-bond donors (Lipinski definition) is 3. The first-order chi connectivity index (χ1) is 19.3. The molecule has 9 heteroatoms. The molecule has 0 aromatic heterocycles. The Morgan fingerprint density at radius 2 is 1.62 bits per heavy atom. The first-order valence-corrected chi connectivity index (χ1v) is 14.1. The Morgan fingerprint density at radius 3 is 2.33 bits per heavy atom. The molecule has 0 radical (unpaired) electrons. The molecule has 0 spiro atoms. The SMILES string of the molecule is O=C(CCC/C=C\C[C@@H]1[C@@H](CCC(O)CCc2ccccc2)[C@H](O)C[C@@H]1O)OCc1ccc(CO[N+](=O)[O-])cc1. The van der Waals surface area contributed by atoms with E-state index in [4.69, 9.17) is 4.74 Å². The number of aryl methyl sites for hydroxylation is 1. The molecular weight excluding hydrogens is 514 g/mol. The van der Waals surface area contributed by atoms with Gasteiger partial charge < -0.3 is 24.9 Å². The van der Waals surface area contributed by atoms with Gasteiger partial charge in [0.25, 0.3) is 5.09 Å². The van der Waals surface area contributed by atoms with Crippen molar-refractivity contribution in [1.29, 1.82) is 0 Å². The van der Waals surface area contributed by atoms with Gasteiger partial charge in [-0.2, -0.15) is 0 Å². The largest absolute Gasteiger partial charge is 0.461 e. The van der Waals surface area contributed by atoms with Crippen molar-refractivity contribution < 1.29 is 34.8 Å². The number of rotatable bonds is 17. The number of allylic oxidation sites excluding steroid dienone is 2. The lowest BCUT2D eigenvalue weighted by Crippen LogP contribution is -2.23. The number of unbranched alkanes of at least 4 members (excludes halogenated alkanes) is 1. The van der Waals surface area contributed by atoms with Gasteiger partial charge in [-0.15, -0.1) is 10.1 Å². The molecule has 218 valence electrons. The lowest BCUT2D eigenvalue weighted by Gasteiger charge is -2.23. The van der Waals surface area contributed by atoms with Crippen LogP contribution >= 0.6 is 0 Å². The lowest BCUT2D eigenvalue weighted by molar-refractivity contribution is -0.763. The topological polar surface area (TPSA) is 139 Å². The van der Waals surface area contributed by atoms with Gasteiger partial charge in [-0.1, -0.05) is 66.7 Å². The van der Waals surface area contributed by atoms with E-state index in [0.717, 1.165) is 12.0 Å². The van der Waals surface area contributed by atoms with Crippen molar-refractivity contribution in [1.82, 2.24) is 0 Å². The number of aliphatic hydroxyl groups is 3. The molecule has 5 atom stereocenters. The number of carbonyl (C=O) groups is 1. The third kappa shape index (κ3) is 11.1. The van der Waals surface area contributed by atoms with Crippen LogP contribution in [0.15, 0.2) is 66.7 Å². The quantitative estimate of drug-likeness (QED) is 0.0840. The van der Waals surface area contributed by atoms with Crippen LogP contribution in [0.2, 0.25) is 0 Å². The number of benzene rings is 2. The molecule has 2 aromatic rings. The fraction of sp³-hybridized carbons (Fsp3) is 0.516. The van der Waals surface area contributed by atoms with E-state index >= 15 is 0 Å². The predicted octanol–water partition coefficient (Wildman–Crippen LogP) is 4.69. The van der Waals surface area contributed by atoms with Crippen molar-refractivity contribution in [2.24, 2.45) is 11.8 Å². The zero-order valence-corrected chi connectivity index (χ0v) is 22.8. The summed E-state index contributed by atoms with van der Waals surface area (Å²) in [5, 5.41) is 40.9. The number of nitrogens with zero attached hydrogens (tertiary/aromatic N) is 1. The van der Waals surface area contributed by atoms with Crippen LogP contribution in [0.3, 0.4) is 0 Å². The van der Waals surface area contributed by atoms with E-state index in [9.17, 15) is 30.2 Å². The van der Waals surface area contributed by atoms with Crippen LogP contribution in [0.4, 0.5) is 0 Å². The molecule has 2 aromatic carbocycles. The molecule has 9 nitrogen and oxygen atoms in total. The van der Waals surface area contributed by atoms with Gasteiger partial charge in [0.05, 0.1) is 18.3 Å². The van der Waals surface area contributed by atoms with Crippen molar-refractivity contribution in [3.63, 3.8) is 0 Å². The van der Waals surface area contributed by atoms with Gasteiger partial charge in [0.1, 0.15) is 13.2 Å². The second-order valence-electron chi connectivity index (χ2n) is 10.5. The number of ether oxygens (including phenoxy) is 1. The smallest absolute Gasteiger partial charge is 0.306 e. The zero-order chi connectivity index (χ0) is 28.7. The van der Waals surface area contributed by atoms with Gasteiger partial charge in [-0.25, -0.2) is 0 Å². The molecule has 40 heavy (non-hydrogen) atoms. The van der Waals surface area contributed by atoms with Crippen molar-refractivity contribution in [3.05, 3.63) is 93.6 Å². The van der Waals surface area contributed by atoms with Crippen LogP contribution in [0.1, 0.15) is 68.1 Å². The summed E-state index contributed by atoms with van der Waals surface area (Å²) < 4.78 is 5.30. The number of carbonyl (C=O) groups excluding carboxylic acids is 1. The third-order valence-electron chi connectivity index (χ3n) is 7.55. The minimum Gasteiger partial charge on any atom is -0.461 e. The molecule has 0 saturated heterocycles. The highest BCUT2D eigenvalue weighted by Crippen LogP contribution is 2.38. The van der Waals surface area contributed by atoms with Gasteiger partial charge in [0.15, 0.2) is 0 Å². The maximum Gasteiger partial charge on any atom is 0.306 e. The number of esters is 1. The first kappa shape index (κ1) is 31.3. The van der Waals surface area contributed by atoms with E-state index in [1.54, 1.807) is 24.3 Å². The molecule has 1 unspecified atom stereocenters. The Morgan fingerprint density at radius 1 is 0.950 bits per heavy atom. The van der Waals surface area contributed by atoms with Crippen LogP contribution in [0.25, 0.3) is 0 Å². The molecule has 0 aliphatic heterocycles. The van der Waals surface area contributed by atoms with E-state index < -0.39 is 23.4 Å². The first-order valence-electron chi connectivity index (χ1n) is 14.1. The van der Waals surface area contributed by atoms with Crippen LogP contribution in [-0.2, 0) is 34.0 Å². The van der Waals surface area contributed by atoms with Crippen molar-refractivity contribution in [3.8, 4) is 0 Å². The fourth-order valence-corrected chi connectivity index (χ4v) is 5.24. The summed E-state index contributed by atoms with van der Waals surface area (Å²) in [5.74, 6) is -0.389. The minimum absolute atomic E-state index is 0.0457. The molecule has 1 fully saturated rings. The molecule has 0 heterocycles. The maximum absolute atomic E-state index is 12.1. The second-order valence-corrected chi connectivity index (χ2v) is 10.5. The molecule has 3 rings (SSSR count). The molecule has 3 N–H and O–H groups in total. The fourth-order valence-electron chi connectivity index (χ4n) is 5.24. The Kier molecular flexibility index (Phi) is 13.1. The highest BCUT2D eigenvalue weighted by Gasteiger charge is 2.40. The molecule has 1 aliphatic carbocycles. The Balaban J connectivity index is 1.30. The van der Waals surface area contributed by atoms with Gasteiger partial charge in [-0.3, -0.25) is 4.79 Å². The molecular formula is C31H41NO8. The van der Waals surface area contributed by atoms with Crippen molar-refractivity contribution in [2.75, 3.05) is 0 Å². The summed E-state index contributed by atoms with van der Waals surface area (Å²) >= 11 is 0. The Bertz CT molecular complexity index is 1060. The van der Waals surface area contributed by atoms with Crippen LogP contribution < -0.4 is 0 Å². The van der Waals surface area contributed by atoms with Gasteiger partial charge in [0.2, 0.25) is 0 Å². The van der Waals surface area contributed by atoms with E-state index in [-0.39, 0.29) is 37.4 Å². The average Bonchev–Trinajstić information content (AvgIpc) is 3.22. The van der Waals surface area contributed by atoms with Crippen molar-refractivity contribution >= 4 is 5.97 Å². The predicted molar refractivity (Wildman–Crippen MR) is 149 cm³/mol.